The molecule has 2 aromatic rings. The Kier molecular flexibility index (Phi) is 2.52. The Morgan fingerprint density at radius 1 is 1.57 bits per heavy atom. The lowest BCUT2D eigenvalue weighted by molar-refractivity contribution is 0.166. The fourth-order valence-electron chi connectivity index (χ4n) is 1.36. The minimum atomic E-state index is -0.493. The van der Waals surface area contributed by atoms with Crippen LogP contribution in [0.5, 0.6) is 0 Å². The van der Waals surface area contributed by atoms with Gasteiger partial charge in [-0.3, -0.25) is 0 Å². The summed E-state index contributed by atoms with van der Waals surface area (Å²) in [5.41, 5.74) is 1.50. The van der Waals surface area contributed by atoms with Crippen LogP contribution in [-0.2, 0) is 0 Å². The lowest BCUT2D eigenvalue weighted by Crippen LogP contribution is -2.04. The van der Waals surface area contributed by atoms with E-state index >= 15 is 0 Å². The molecule has 0 aliphatic rings. The quantitative estimate of drug-likeness (QED) is 0.893. The van der Waals surface area contributed by atoms with Crippen LogP contribution >= 0.6 is 15.9 Å². The fraction of sp³-hybridized carbons (Fsp3) is 0.333. The molecule has 1 N–H and O–H groups in total. The van der Waals surface area contributed by atoms with Gasteiger partial charge in [-0.25, -0.2) is 9.50 Å². The molecule has 4 nitrogen and oxygen atoms in total. The highest BCUT2D eigenvalue weighted by atomic mass is 79.9. The predicted molar refractivity (Wildman–Crippen MR) is 55.9 cm³/mol. The SMILES string of the molecule is CCC(O)c1ccc(Br)c2ncnn12. The molecule has 0 radical (unpaired) electrons. The van der Waals surface area contributed by atoms with Crippen molar-refractivity contribution in [3.63, 3.8) is 0 Å². The van der Waals surface area contributed by atoms with Crippen molar-refractivity contribution in [2.45, 2.75) is 19.4 Å². The van der Waals surface area contributed by atoms with E-state index in [1.54, 1.807) is 4.52 Å². The highest BCUT2D eigenvalue weighted by molar-refractivity contribution is 9.10. The zero-order valence-electron chi connectivity index (χ0n) is 7.68. The van der Waals surface area contributed by atoms with Crippen LogP contribution in [0.2, 0.25) is 0 Å². The van der Waals surface area contributed by atoms with Gasteiger partial charge in [-0.15, -0.1) is 0 Å². The third kappa shape index (κ3) is 1.42. The number of rotatable bonds is 2. The zero-order chi connectivity index (χ0) is 10.1. The second-order valence-corrected chi connectivity index (χ2v) is 3.88. The molecule has 14 heavy (non-hydrogen) atoms. The minimum absolute atomic E-state index is 0.493. The number of aliphatic hydroxyl groups excluding tert-OH is 1. The van der Waals surface area contributed by atoms with Gasteiger partial charge in [0.05, 0.1) is 16.3 Å². The maximum atomic E-state index is 9.73. The summed E-state index contributed by atoms with van der Waals surface area (Å²) >= 11 is 3.38. The molecule has 5 heteroatoms. The van der Waals surface area contributed by atoms with E-state index in [1.807, 2.05) is 19.1 Å². The Hall–Kier alpha value is -0.940. The molecule has 0 bridgehead atoms. The van der Waals surface area contributed by atoms with Crippen molar-refractivity contribution in [2.75, 3.05) is 0 Å². The average molecular weight is 256 g/mol. The molecule has 0 aliphatic carbocycles. The van der Waals surface area contributed by atoms with E-state index < -0.39 is 6.10 Å². The van der Waals surface area contributed by atoms with E-state index in [4.69, 9.17) is 0 Å². The molecule has 0 aliphatic heterocycles. The van der Waals surface area contributed by atoms with Crippen LogP contribution in [0.4, 0.5) is 0 Å². The van der Waals surface area contributed by atoms with Crippen LogP contribution < -0.4 is 0 Å². The summed E-state index contributed by atoms with van der Waals surface area (Å²) in [5, 5.41) is 13.8. The lowest BCUT2D eigenvalue weighted by Gasteiger charge is -2.09. The van der Waals surface area contributed by atoms with Crippen LogP contribution in [0, 0.1) is 0 Å². The van der Waals surface area contributed by atoms with Gasteiger partial charge in [0, 0.05) is 0 Å². The summed E-state index contributed by atoms with van der Waals surface area (Å²) in [5.74, 6) is 0. The molecule has 2 rings (SSSR count). The summed E-state index contributed by atoms with van der Waals surface area (Å²) in [6.45, 7) is 1.93. The number of hydrogen-bond acceptors (Lipinski definition) is 3. The standard InChI is InChI=1S/C9H10BrN3O/c1-2-8(14)7-4-3-6(10)9-11-5-12-13(7)9/h3-5,8,14H,2H2,1H3. The Balaban J connectivity index is 2.66. The summed E-state index contributed by atoms with van der Waals surface area (Å²) in [4.78, 5) is 4.09. The largest absolute Gasteiger partial charge is 0.387 e. The van der Waals surface area contributed by atoms with Crippen molar-refractivity contribution in [3.8, 4) is 0 Å². The van der Waals surface area contributed by atoms with E-state index in [1.165, 1.54) is 6.33 Å². The number of aliphatic hydroxyl groups is 1. The van der Waals surface area contributed by atoms with Crippen molar-refractivity contribution in [3.05, 3.63) is 28.6 Å². The topological polar surface area (TPSA) is 50.4 Å². The first-order valence-electron chi connectivity index (χ1n) is 4.40. The smallest absolute Gasteiger partial charge is 0.169 e. The summed E-state index contributed by atoms with van der Waals surface area (Å²) in [7, 11) is 0. The van der Waals surface area contributed by atoms with Gasteiger partial charge in [0.15, 0.2) is 5.65 Å². The molecule has 74 valence electrons. The minimum Gasteiger partial charge on any atom is -0.387 e. The van der Waals surface area contributed by atoms with Crippen LogP contribution in [0.25, 0.3) is 5.65 Å². The number of pyridine rings is 1. The Labute approximate surface area is 89.7 Å². The van der Waals surface area contributed by atoms with Crippen molar-refractivity contribution >= 4 is 21.6 Å². The summed E-state index contributed by atoms with van der Waals surface area (Å²) < 4.78 is 2.53. The molecule has 0 amide bonds. The van der Waals surface area contributed by atoms with E-state index in [0.29, 0.717) is 6.42 Å². The highest BCUT2D eigenvalue weighted by Gasteiger charge is 2.11. The van der Waals surface area contributed by atoms with Crippen molar-refractivity contribution in [2.24, 2.45) is 0 Å². The maximum absolute atomic E-state index is 9.73. The van der Waals surface area contributed by atoms with E-state index in [-0.39, 0.29) is 0 Å². The van der Waals surface area contributed by atoms with E-state index in [0.717, 1.165) is 15.8 Å². The Morgan fingerprint density at radius 3 is 3.07 bits per heavy atom. The van der Waals surface area contributed by atoms with Gasteiger partial charge in [-0.05, 0) is 34.5 Å². The molecular formula is C9H10BrN3O. The van der Waals surface area contributed by atoms with Crippen LogP contribution in [0.3, 0.4) is 0 Å². The summed E-state index contributed by atoms with van der Waals surface area (Å²) in [6, 6.07) is 3.72. The first kappa shape index (κ1) is 9.61. The maximum Gasteiger partial charge on any atom is 0.169 e. The van der Waals surface area contributed by atoms with Crippen LogP contribution in [-0.4, -0.2) is 19.7 Å². The first-order valence-corrected chi connectivity index (χ1v) is 5.19. The van der Waals surface area contributed by atoms with Gasteiger partial charge in [-0.1, -0.05) is 6.92 Å². The fourth-order valence-corrected chi connectivity index (χ4v) is 1.76. The number of nitrogens with zero attached hydrogens (tertiary/aromatic N) is 3. The zero-order valence-corrected chi connectivity index (χ0v) is 9.27. The molecular weight excluding hydrogens is 246 g/mol. The van der Waals surface area contributed by atoms with Crippen molar-refractivity contribution in [1.29, 1.82) is 0 Å². The van der Waals surface area contributed by atoms with E-state index in [2.05, 4.69) is 26.0 Å². The Bertz CT molecular complexity index is 454. The monoisotopic (exact) mass is 255 g/mol. The number of aromatic nitrogens is 3. The number of halogens is 1. The second-order valence-electron chi connectivity index (χ2n) is 3.03. The predicted octanol–water partition coefficient (Wildman–Crippen LogP) is 1.94. The highest BCUT2D eigenvalue weighted by Crippen LogP contribution is 2.22. The van der Waals surface area contributed by atoms with Gasteiger partial charge in [-0.2, -0.15) is 5.10 Å². The molecule has 0 spiro atoms. The van der Waals surface area contributed by atoms with Gasteiger partial charge in [0.1, 0.15) is 6.33 Å². The van der Waals surface area contributed by atoms with Gasteiger partial charge in [0.25, 0.3) is 0 Å². The van der Waals surface area contributed by atoms with Gasteiger partial charge >= 0.3 is 0 Å². The van der Waals surface area contributed by atoms with Crippen molar-refractivity contribution < 1.29 is 5.11 Å². The van der Waals surface area contributed by atoms with Gasteiger partial charge in [0.2, 0.25) is 0 Å². The molecule has 0 saturated carbocycles. The molecule has 0 aromatic carbocycles. The second kappa shape index (κ2) is 3.67. The number of hydrogen-bond donors (Lipinski definition) is 1. The van der Waals surface area contributed by atoms with Crippen molar-refractivity contribution in [1.82, 2.24) is 14.6 Å². The molecule has 2 heterocycles. The third-order valence-corrected chi connectivity index (χ3v) is 2.75. The van der Waals surface area contributed by atoms with Crippen LogP contribution in [0.15, 0.2) is 22.9 Å². The van der Waals surface area contributed by atoms with Gasteiger partial charge < -0.3 is 5.11 Å². The molecule has 0 fully saturated rings. The van der Waals surface area contributed by atoms with E-state index in [9.17, 15) is 5.11 Å². The Morgan fingerprint density at radius 2 is 2.36 bits per heavy atom. The molecule has 2 aromatic heterocycles. The first-order chi connectivity index (χ1) is 6.74. The lowest BCUT2D eigenvalue weighted by atomic mass is 10.2. The molecule has 1 atom stereocenters. The van der Waals surface area contributed by atoms with Crippen LogP contribution in [0.1, 0.15) is 25.1 Å². The normalized spacial score (nSPS) is 13.4. The molecule has 0 saturated heterocycles. The summed E-state index contributed by atoms with van der Waals surface area (Å²) in [6.07, 6.45) is 1.65. The average Bonchev–Trinajstić information content (AvgIpc) is 2.67. The third-order valence-electron chi connectivity index (χ3n) is 2.13. The molecule has 1 unspecified atom stereocenters. The number of fused-ring (bicyclic) bond motifs is 1.